The van der Waals surface area contributed by atoms with E-state index in [9.17, 15) is 14.4 Å². The van der Waals surface area contributed by atoms with Crippen LogP contribution in [0.1, 0.15) is 56.9 Å². The summed E-state index contributed by atoms with van der Waals surface area (Å²) in [6.45, 7) is 0.767. The highest BCUT2D eigenvalue weighted by Gasteiger charge is 2.63. The number of aromatic nitrogens is 1. The van der Waals surface area contributed by atoms with Gasteiger partial charge in [-0.15, -0.1) is 0 Å². The highest BCUT2D eigenvalue weighted by molar-refractivity contribution is 6.20. The number of rotatable bonds is 1. The number of hydrogen-bond donors (Lipinski definition) is 1. The summed E-state index contributed by atoms with van der Waals surface area (Å²) in [5.41, 5.74) is 0.566. The summed E-state index contributed by atoms with van der Waals surface area (Å²) in [6, 6.07) is 9.11. The summed E-state index contributed by atoms with van der Waals surface area (Å²) >= 11 is 0. The van der Waals surface area contributed by atoms with Gasteiger partial charge in [0.05, 0.1) is 11.6 Å². The average Bonchev–Trinajstić information content (AvgIpc) is 2.82. The molecule has 0 unspecified atom stereocenters. The highest BCUT2D eigenvalue weighted by Crippen LogP contribution is 2.48. The van der Waals surface area contributed by atoms with E-state index in [0.717, 1.165) is 80.2 Å². The molecule has 3 fully saturated rings. The predicted molar refractivity (Wildman–Crippen MR) is 120 cm³/mol. The lowest BCUT2D eigenvalue weighted by atomic mass is 9.66. The number of urea groups is 1. The summed E-state index contributed by atoms with van der Waals surface area (Å²) < 4.78 is 0. The molecule has 1 N–H and O–H groups in total. The predicted octanol–water partition coefficient (Wildman–Crippen LogP) is 3.55. The smallest absolute Gasteiger partial charge is 0.331 e. The number of nitrogens with zero attached hydrogens (tertiary/aromatic N) is 3. The lowest BCUT2D eigenvalue weighted by Crippen LogP contribution is -2.73. The number of anilines is 1. The molecule has 1 aromatic heterocycles. The molecule has 6 rings (SSSR count). The first-order valence-electron chi connectivity index (χ1n) is 11.9. The molecule has 7 heteroatoms. The minimum absolute atomic E-state index is 0.116. The van der Waals surface area contributed by atoms with Gasteiger partial charge in [-0.3, -0.25) is 19.8 Å². The zero-order valence-corrected chi connectivity index (χ0v) is 18.2. The molecular weight excluding hydrogens is 404 g/mol. The second kappa shape index (κ2) is 7.29. The third-order valence-electron chi connectivity index (χ3n) is 7.98. The number of piperidine rings is 1. The zero-order chi connectivity index (χ0) is 21.9. The molecule has 0 bridgehead atoms. The number of carbonyl (C=O) groups is 3. The van der Waals surface area contributed by atoms with Gasteiger partial charge in [0.15, 0.2) is 5.41 Å². The zero-order valence-electron chi connectivity index (χ0n) is 18.2. The Morgan fingerprint density at radius 1 is 0.969 bits per heavy atom. The Morgan fingerprint density at radius 2 is 1.75 bits per heavy atom. The standard InChI is InChI=1S/C25H28N4O3/c30-22-25(23(31)29(24(32)27-22)18-9-2-1-3-10-18)15-17-14-16-8-4-5-11-19(16)26-21(17)28-13-7-6-12-20(25)28/h4-5,8,11,14,18,20H,1-3,6-7,9-10,12-13,15H2,(H,27,30,32)/t20-,25+/m1/s1. The van der Waals surface area contributed by atoms with Gasteiger partial charge in [0.2, 0.25) is 11.8 Å². The van der Waals surface area contributed by atoms with Crippen molar-refractivity contribution in [1.82, 2.24) is 15.2 Å². The van der Waals surface area contributed by atoms with Crippen molar-refractivity contribution in [2.24, 2.45) is 5.41 Å². The molecule has 4 amide bonds. The van der Waals surface area contributed by atoms with Crippen molar-refractivity contribution in [3.05, 3.63) is 35.9 Å². The van der Waals surface area contributed by atoms with Crippen molar-refractivity contribution in [3.8, 4) is 0 Å². The molecule has 1 aliphatic carbocycles. The van der Waals surface area contributed by atoms with Gasteiger partial charge in [0, 0.05) is 24.4 Å². The second-order valence-electron chi connectivity index (χ2n) is 9.74. The summed E-state index contributed by atoms with van der Waals surface area (Å²) in [5.74, 6) is 0.157. The van der Waals surface area contributed by atoms with Gasteiger partial charge in [0.25, 0.3) is 0 Å². The van der Waals surface area contributed by atoms with Crippen LogP contribution >= 0.6 is 0 Å². The molecule has 1 aromatic carbocycles. The Labute approximate surface area is 187 Å². The number of barbiturate groups is 1. The van der Waals surface area contributed by atoms with E-state index in [0.29, 0.717) is 6.42 Å². The van der Waals surface area contributed by atoms with E-state index in [1.807, 2.05) is 24.3 Å². The van der Waals surface area contributed by atoms with Crippen molar-refractivity contribution < 1.29 is 14.4 Å². The fraction of sp³-hybridized carbons (Fsp3) is 0.520. The lowest BCUT2D eigenvalue weighted by Gasteiger charge is -2.54. The maximum Gasteiger partial charge on any atom is 0.331 e. The average molecular weight is 433 g/mol. The van der Waals surface area contributed by atoms with Crippen LogP contribution in [0.5, 0.6) is 0 Å². The molecule has 2 aromatic rings. The van der Waals surface area contributed by atoms with Crippen molar-refractivity contribution in [2.45, 2.75) is 69.9 Å². The number of nitrogens with one attached hydrogen (secondary N) is 1. The molecule has 3 aliphatic heterocycles. The third kappa shape index (κ3) is 2.72. The molecule has 1 saturated carbocycles. The first-order valence-corrected chi connectivity index (χ1v) is 11.9. The van der Waals surface area contributed by atoms with Crippen LogP contribution in [0.25, 0.3) is 10.9 Å². The molecule has 1 spiro atoms. The highest BCUT2D eigenvalue weighted by atomic mass is 16.2. The fourth-order valence-corrected chi connectivity index (χ4v) is 6.44. The van der Waals surface area contributed by atoms with Crippen LogP contribution < -0.4 is 10.2 Å². The van der Waals surface area contributed by atoms with Gasteiger partial charge in [-0.1, -0.05) is 37.5 Å². The van der Waals surface area contributed by atoms with Crippen molar-refractivity contribution in [1.29, 1.82) is 0 Å². The first kappa shape index (κ1) is 19.7. The van der Waals surface area contributed by atoms with Crippen LogP contribution in [0.4, 0.5) is 10.6 Å². The van der Waals surface area contributed by atoms with E-state index in [4.69, 9.17) is 4.98 Å². The molecule has 2 saturated heterocycles. The molecule has 2 atom stereocenters. The van der Waals surface area contributed by atoms with Crippen LogP contribution in [0, 0.1) is 5.41 Å². The minimum Gasteiger partial charge on any atom is -0.352 e. The quantitative estimate of drug-likeness (QED) is 0.697. The Bertz CT molecular complexity index is 1130. The van der Waals surface area contributed by atoms with E-state index in [-0.39, 0.29) is 18.0 Å². The van der Waals surface area contributed by atoms with Gasteiger partial charge in [-0.05, 0) is 49.8 Å². The molecule has 4 heterocycles. The van der Waals surface area contributed by atoms with Gasteiger partial charge < -0.3 is 4.90 Å². The molecule has 0 radical (unpaired) electrons. The SMILES string of the molecule is O=C1NC(=O)[C@@]2(Cc3cc4ccccc4nc3N3CCCC[C@@H]32)C(=O)N1C1CCCCC1. The number of para-hydroxylation sites is 1. The number of pyridine rings is 1. The van der Waals surface area contributed by atoms with Crippen LogP contribution in [0.3, 0.4) is 0 Å². The summed E-state index contributed by atoms with van der Waals surface area (Å²) in [6.07, 6.45) is 7.80. The Morgan fingerprint density at radius 3 is 2.59 bits per heavy atom. The normalized spacial score (nSPS) is 28.6. The van der Waals surface area contributed by atoms with Gasteiger partial charge >= 0.3 is 6.03 Å². The largest absolute Gasteiger partial charge is 0.352 e. The molecule has 32 heavy (non-hydrogen) atoms. The number of fused-ring (bicyclic) bond motifs is 5. The Hall–Kier alpha value is -2.96. The topological polar surface area (TPSA) is 82.6 Å². The number of benzene rings is 1. The number of hydrogen-bond acceptors (Lipinski definition) is 5. The van der Waals surface area contributed by atoms with Gasteiger partial charge in [-0.2, -0.15) is 0 Å². The minimum atomic E-state index is -1.27. The van der Waals surface area contributed by atoms with E-state index in [1.165, 1.54) is 4.90 Å². The van der Waals surface area contributed by atoms with Crippen LogP contribution in [-0.4, -0.2) is 46.4 Å². The monoisotopic (exact) mass is 432 g/mol. The number of amides is 4. The van der Waals surface area contributed by atoms with Crippen LogP contribution in [0.15, 0.2) is 30.3 Å². The summed E-state index contributed by atoms with van der Waals surface area (Å²) in [7, 11) is 0. The lowest BCUT2D eigenvalue weighted by molar-refractivity contribution is -0.156. The van der Waals surface area contributed by atoms with Crippen LogP contribution in [0.2, 0.25) is 0 Å². The maximum absolute atomic E-state index is 14.1. The van der Waals surface area contributed by atoms with Crippen LogP contribution in [-0.2, 0) is 16.0 Å². The van der Waals surface area contributed by atoms with Gasteiger partial charge in [0.1, 0.15) is 5.82 Å². The molecule has 7 nitrogen and oxygen atoms in total. The van der Waals surface area contributed by atoms with Crippen molar-refractivity contribution in [3.63, 3.8) is 0 Å². The maximum atomic E-state index is 14.1. The molecule has 4 aliphatic rings. The van der Waals surface area contributed by atoms with Crippen molar-refractivity contribution in [2.75, 3.05) is 11.4 Å². The number of carbonyl (C=O) groups excluding carboxylic acids is 3. The Kier molecular flexibility index (Phi) is 4.49. The summed E-state index contributed by atoms with van der Waals surface area (Å²) in [4.78, 5) is 49.1. The Balaban J connectivity index is 1.49. The van der Waals surface area contributed by atoms with E-state index in [2.05, 4.69) is 16.3 Å². The fourth-order valence-electron chi connectivity index (χ4n) is 6.44. The van der Waals surface area contributed by atoms with E-state index in [1.54, 1.807) is 0 Å². The summed E-state index contributed by atoms with van der Waals surface area (Å²) in [5, 5.41) is 3.60. The second-order valence-corrected chi connectivity index (χ2v) is 9.74. The molecular formula is C25H28N4O3. The first-order chi connectivity index (χ1) is 15.6. The number of imide groups is 2. The van der Waals surface area contributed by atoms with Crippen molar-refractivity contribution >= 4 is 34.6 Å². The van der Waals surface area contributed by atoms with Gasteiger partial charge in [-0.25, -0.2) is 9.78 Å². The molecule has 166 valence electrons. The third-order valence-corrected chi connectivity index (χ3v) is 7.98. The van der Waals surface area contributed by atoms with E-state index < -0.39 is 17.4 Å². The van der Waals surface area contributed by atoms with E-state index >= 15 is 0 Å².